The quantitative estimate of drug-likeness (QED) is 0.657. The number of methoxy groups -OCH3 is 1. The van der Waals surface area contributed by atoms with Crippen molar-refractivity contribution in [2.45, 2.75) is 12.5 Å². The van der Waals surface area contributed by atoms with Gasteiger partial charge in [-0.25, -0.2) is 4.39 Å². The lowest BCUT2D eigenvalue weighted by atomic mass is 9.98. The molecule has 0 saturated carbocycles. The molecule has 2 rings (SSSR count). The van der Waals surface area contributed by atoms with Crippen molar-refractivity contribution in [3.05, 3.63) is 64.4 Å². The number of hydrogen-bond acceptors (Lipinski definition) is 3. The summed E-state index contributed by atoms with van der Waals surface area (Å²) in [5.74, 6) is 5.96. The van der Waals surface area contributed by atoms with Crippen LogP contribution in [0.15, 0.2) is 42.5 Å². The maximum absolute atomic E-state index is 13.9. The van der Waals surface area contributed by atoms with Crippen molar-refractivity contribution in [3.63, 3.8) is 0 Å². The molecule has 5 heteroatoms. The lowest BCUT2D eigenvalue weighted by molar-refractivity contribution is 0.398. The van der Waals surface area contributed by atoms with Crippen LogP contribution in [0.3, 0.4) is 0 Å². The molecular formula is C15H16ClFN2O. The van der Waals surface area contributed by atoms with Crippen LogP contribution in [-0.2, 0) is 6.42 Å². The summed E-state index contributed by atoms with van der Waals surface area (Å²) in [7, 11) is 1.59. The molecule has 0 amide bonds. The van der Waals surface area contributed by atoms with Gasteiger partial charge in [-0.2, -0.15) is 0 Å². The Bertz CT molecular complexity index is 572. The van der Waals surface area contributed by atoms with Gasteiger partial charge in [-0.3, -0.25) is 11.3 Å². The molecule has 2 aromatic carbocycles. The van der Waals surface area contributed by atoms with Gasteiger partial charge in [0.05, 0.1) is 13.2 Å². The SMILES string of the molecule is COc1ccccc1C(Cc1c(F)cccc1Cl)NN. The molecule has 0 spiro atoms. The summed E-state index contributed by atoms with van der Waals surface area (Å²) in [5.41, 5.74) is 3.98. The van der Waals surface area contributed by atoms with Crippen molar-refractivity contribution in [2.75, 3.05) is 7.11 Å². The smallest absolute Gasteiger partial charge is 0.127 e. The van der Waals surface area contributed by atoms with Crippen LogP contribution in [0.1, 0.15) is 17.2 Å². The van der Waals surface area contributed by atoms with Crippen molar-refractivity contribution in [3.8, 4) is 5.75 Å². The van der Waals surface area contributed by atoms with E-state index in [4.69, 9.17) is 22.2 Å². The average molecular weight is 295 g/mol. The first kappa shape index (κ1) is 14.8. The van der Waals surface area contributed by atoms with E-state index in [-0.39, 0.29) is 11.9 Å². The first-order valence-corrected chi connectivity index (χ1v) is 6.57. The van der Waals surface area contributed by atoms with Crippen molar-refractivity contribution in [1.29, 1.82) is 0 Å². The molecule has 0 bridgehead atoms. The van der Waals surface area contributed by atoms with E-state index in [2.05, 4.69) is 5.43 Å². The molecule has 1 unspecified atom stereocenters. The molecule has 0 aliphatic rings. The van der Waals surface area contributed by atoms with Gasteiger partial charge < -0.3 is 4.74 Å². The van der Waals surface area contributed by atoms with Crippen LogP contribution in [0.25, 0.3) is 0 Å². The van der Waals surface area contributed by atoms with Gasteiger partial charge in [-0.05, 0) is 24.6 Å². The van der Waals surface area contributed by atoms with Gasteiger partial charge in [0.25, 0.3) is 0 Å². The first-order valence-electron chi connectivity index (χ1n) is 6.19. The summed E-state index contributed by atoms with van der Waals surface area (Å²) in [6.07, 6.45) is 0.336. The lowest BCUT2D eigenvalue weighted by Gasteiger charge is -2.20. The van der Waals surface area contributed by atoms with E-state index < -0.39 is 0 Å². The number of hydrazine groups is 1. The van der Waals surface area contributed by atoms with Crippen LogP contribution in [0.2, 0.25) is 5.02 Å². The second-order valence-corrected chi connectivity index (χ2v) is 4.77. The predicted molar refractivity (Wildman–Crippen MR) is 78.2 cm³/mol. The molecular weight excluding hydrogens is 279 g/mol. The molecule has 2 aromatic rings. The van der Waals surface area contributed by atoms with E-state index in [1.165, 1.54) is 6.07 Å². The van der Waals surface area contributed by atoms with E-state index in [0.717, 1.165) is 5.56 Å². The molecule has 0 aromatic heterocycles. The van der Waals surface area contributed by atoms with Gasteiger partial charge in [0, 0.05) is 16.1 Å². The molecule has 0 aliphatic heterocycles. The predicted octanol–water partition coefficient (Wildman–Crippen LogP) is 3.23. The minimum atomic E-state index is -0.340. The Morgan fingerprint density at radius 3 is 2.65 bits per heavy atom. The zero-order chi connectivity index (χ0) is 14.5. The number of hydrogen-bond donors (Lipinski definition) is 2. The minimum absolute atomic E-state index is 0.291. The van der Waals surface area contributed by atoms with Crippen LogP contribution in [0.5, 0.6) is 5.75 Å². The topological polar surface area (TPSA) is 47.3 Å². The number of nitrogens with two attached hydrogens (primary N) is 1. The Hall–Kier alpha value is -1.62. The summed E-state index contributed by atoms with van der Waals surface area (Å²) in [6.45, 7) is 0. The first-order chi connectivity index (χ1) is 9.67. The van der Waals surface area contributed by atoms with Crippen LogP contribution in [0, 0.1) is 5.82 Å². The van der Waals surface area contributed by atoms with Crippen molar-refractivity contribution in [1.82, 2.24) is 5.43 Å². The molecule has 0 fully saturated rings. The Morgan fingerprint density at radius 1 is 1.25 bits per heavy atom. The summed E-state index contributed by atoms with van der Waals surface area (Å²) in [4.78, 5) is 0. The van der Waals surface area contributed by atoms with Crippen LogP contribution >= 0.6 is 11.6 Å². The van der Waals surface area contributed by atoms with Gasteiger partial charge >= 0.3 is 0 Å². The summed E-state index contributed by atoms with van der Waals surface area (Å²) < 4.78 is 19.2. The Kier molecular flexibility index (Phi) is 4.95. The third-order valence-corrected chi connectivity index (χ3v) is 3.54. The molecule has 0 radical (unpaired) electrons. The van der Waals surface area contributed by atoms with Crippen molar-refractivity contribution < 1.29 is 9.13 Å². The normalized spacial score (nSPS) is 12.2. The minimum Gasteiger partial charge on any atom is -0.496 e. The third-order valence-electron chi connectivity index (χ3n) is 3.19. The summed E-state index contributed by atoms with van der Waals surface area (Å²) in [6, 6.07) is 11.8. The summed E-state index contributed by atoms with van der Waals surface area (Å²) >= 11 is 6.05. The molecule has 3 N–H and O–H groups in total. The van der Waals surface area contributed by atoms with Gasteiger partial charge in [0.1, 0.15) is 11.6 Å². The zero-order valence-electron chi connectivity index (χ0n) is 11.1. The number of nitrogens with one attached hydrogen (secondary N) is 1. The zero-order valence-corrected chi connectivity index (χ0v) is 11.8. The number of benzene rings is 2. The average Bonchev–Trinajstić information content (AvgIpc) is 2.47. The maximum Gasteiger partial charge on any atom is 0.127 e. The fraction of sp³-hybridized carbons (Fsp3) is 0.200. The van der Waals surface area contributed by atoms with Crippen LogP contribution < -0.4 is 16.0 Å². The number of halogens is 2. The summed E-state index contributed by atoms with van der Waals surface area (Å²) in [5, 5.41) is 0.389. The maximum atomic E-state index is 13.9. The van der Waals surface area contributed by atoms with E-state index in [1.54, 1.807) is 19.2 Å². The third kappa shape index (κ3) is 3.10. The Morgan fingerprint density at radius 2 is 2.00 bits per heavy atom. The molecule has 0 aliphatic carbocycles. The van der Waals surface area contributed by atoms with Gasteiger partial charge in [-0.1, -0.05) is 35.9 Å². The molecule has 3 nitrogen and oxygen atoms in total. The molecule has 106 valence electrons. The lowest BCUT2D eigenvalue weighted by Crippen LogP contribution is -2.30. The van der Waals surface area contributed by atoms with Crippen LogP contribution in [-0.4, -0.2) is 7.11 Å². The largest absolute Gasteiger partial charge is 0.496 e. The molecule has 0 saturated heterocycles. The Labute approximate surface area is 122 Å². The van der Waals surface area contributed by atoms with E-state index >= 15 is 0 Å². The van der Waals surface area contributed by atoms with E-state index in [1.807, 2.05) is 24.3 Å². The second-order valence-electron chi connectivity index (χ2n) is 4.37. The van der Waals surface area contributed by atoms with Gasteiger partial charge in [0.2, 0.25) is 0 Å². The van der Waals surface area contributed by atoms with Crippen molar-refractivity contribution in [2.24, 2.45) is 5.84 Å². The highest BCUT2D eigenvalue weighted by atomic mass is 35.5. The highest BCUT2D eigenvalue weighted by Crippen LogP contribution is 2.30. The number of para-hydroxylation sites is 1. The van der Waals surface area contributed by atoms with Gasteiger partial charge in [0.15, 0.2) is 0 Å². The Balaban J connectivity index is 2.34. The standard InChI is InChI=1S/C15H16ClFN2O/c1-20-15-8-3-2-5-10(15)14(19-18)9-11-12(16)6-4-7-13(11)17/h2-8,14,19H,9,18H2,1H3. The fourth-order valence-electron chi connectivity index (χ4n) is 2.14. The second kappa shape index (κ2) is 6.70. The molecule has 0 heterocycles. The van der Waals surface area contributed by atoms with Gasteiger partial charge in [-0.15, -0.1) is 0 Å². The highest BCUT2D eigenvalue weighted by molar-refractivity contribution is 6.31. The number of rotatable bonds is 5. The van der Waals surface area contributed by atoms with E-state index in [0.29, 0.717) is 22.8 Å². The van der Waals surface area contributed by atoms with Crippen molar-refractivity contribution >= 4 is 11.6 Å². The highest BCUT2D eigenvalue weighted by Gasteiger charge is 2.18. The number of ether oxygens (including phenoxy) is 1. The molecule has 1 atom stereocenters. The monoisotopic (exact) mass is 294 g/mol. The van der Waals surface area contributed by atoms with E-state index in [9.17, 15) is 4.39 Å². The fourth-order valence-corrected chi connectivity index (χ4v) is 2.38. The molecule has 20 heavy (non-hydrogen) atoms. The van der Waals surface area contributed by atoms with Crippen LogP contribution in [0.4, 0.5) is 4.39 Å².